The molecular weight excluding hydrogens is 569 g/mol. The van der Waals surface area contributed by atoms with E-state index in [1.807, 2.05) is 42.5 Å². The first-order chi connectivity index (χ1) is 25.2. The molecule has 222 valence electrons. The van der Waals surface area contributed by atoms with Crippen molar-refractivity contribution in [2.45, 2.75) is 13.2 Å². The molecule has 8 aromatic carbocycles. The first-order valence-electron chi connectivity index (χ1n) is 18.3. The van der Waals surface area contributed by atoms with Crippen molar-refractivity contribution in [1.29, 1.82) is 0 Å². The molecule has 2 heteroatoms. The molecule has 2 nitrogen and oxygen atoms in total. The lowest BCUT2D eigenvalue weighted by molar-refractivity contribution is 0.909. The van der Waals surface area contributed by atoms with Crippen molar-refractivity contribution in [3.05, 3.63) is 170 Å². The van der Waals surface area contributed by atoms with Crippen LogP contribution in [0.5, 0.6) is 0 Å². The van der Waals surface area contributed by atoms with Gasteiger partial charge in [-0.1, -0.05) is 140 Å². The van der Waals surface area contributed by atoms with Gasteiger partial charge in [0.25, 0.3) is 0 Å². The molecule has 0 aliphatic carbocycles. The van der Waals surface area contributed by atoms with Crippen LogP contribution in [0.2, 0.25) is 0 Å². The van der Waals surface area contributed by atoms with Crippen molar-refractivity contribution in [2.75, 3.05) is 0 Å². The van der Waals surface area contributed by atoms with Crippen LogP contribution in [-0.2, 0) is 6.37 Å². The SMILES string of the molecule is [2H]C([2H])([2H])C([2H])([2H])c1nc2ccccc2n1-c1ccc2cc(-c3c4ccccc4c(-c4ccccc4-c4ccccc4)c4ccccc34)ccc2c1. The quantitative estimate of drug-likeness (QED) is 0.178. The Balaban J connectivity index is 1.24. The first-order valence-corrected chi connectivity index (χ1v) is 15.8. The Morgan fingerprint density at radius 2 is 1.13 bits per heavy atom. The van der Waals surface area contributed by atoms with E-state index in [1.54, 1.807) is 10.6 Å². The molecule has 0 bridgehead atoms. The number of hydrogen-bond donors (Lipinski definition) is 0. The zero-order valence-corrected chi connectivity index (χ0v) is 25.5. The average Bonchev–Trinajstić information content (AvgIpc) is 3.57. The van der Waals surface area contributed by atoms with Crippen LogP contribution >= 0.6 is 0 Å². The summed E-state index contributed by atoms with van der Waals surface area (Å²) in [6.07, 6.45) is -2.67. The van der Waals surface area contributed by atoms with Crippen molar-refractivity contribution in [1.82, 2.24) is 9.55 Å². The largest absolute Gasteiger partial charge is 0.296 e. The monoisotopic (exact) mass is 605 g/mol. The number of fused-ring (bicyclic) bond motifs is 4. The smallest absolute Gasteiger partial charge is 0.114 e. The molecule has 1 aromatic heterocycles. The molecular formula is C45H32N2. The number of hydrogen-bond acceptors (Lipinski definition) is 1. The van der Waals surface area contributed by atoms with Gasteiger partial charge in [-0.25, -0.2) is 4.98 Å². The Morgan fingerprint density at radius 1 is 0.532 bits per heavy atom. The maximum Gasteiger partial charge on any atom is 0.114 e. The van der Waals surface area contributed by atoms with Gasteiger partial charge >= 0.3 is 0 Å². The third kappa shape index (κ3) is 4.45. The Morgan fingerprint density at radius 3 is 1.87 bits per heavy atom. The lowest BCUT2D eigenvalue weighted by Gasteiger charge is -2.20. The summed E-state index contributed by atoms with van der Waals surface area (Å²) in [5, 5.41) is 6.64. The van der Waals surface area contributed by atoms with Gasteiger partial charge in [0.2, 0.25) is 0 Å². The second-order valence-electron chi connectivity index (χ2n) is 11.9. The van der Waals surface area contributed by atoms with Gasteiger partial charge in [-0.15, -0.1) is 0 Å². The Labute approximate surface area is 281 Å². The fraction of sp³-hybridized carbons (Fsp3) is 0.0444. The average molecular weight is 606 g/mol. The molecule has 1 heterocycles. The van der Waals surface area contributed by atoms with Gasteiger partial charge in [-0.2, -0.15) is 0 Å². The molecule has 9 aromatic rings. The van der Waals surface area contributed by atoms with E-state index in [1.165, 1.54) is 33.0 Å². The number of para-hydroxylation sites is 2. The minimum absolute atomic E-state index is 0.142. The summed E-state index contributed by atoms with van der Waals surface area (Å²) in [4.78, 5) is 4.50. The summed E-state index contributed by atoms with van der Waals surface area (Å²) >= 11 is 0. The minimum atomic E-state index is -2.90. The second-order valence-corrected chi connectivity index (χ2v) is 11.9. The van der Waals surface area contributed by atoms with E-state index in [-0.39, 0.29) is 5.82 Å². The number of aromatic nitrogens is 2. The van der Waals surface area contributed by atoms with E-state index in [0.717, 1.165) is 32.7 Å². The zero-order chi connectivity index (χ0) is 35.6. The standard InChI is InChI=1S/C45H32N2/c1-2-43-46-41-22-12-13-23-42(41)47(43)34-27-26-31-28-33(25-24-32(31)29-34)44-37-18-8-10-20-39(37)45(40-21-11-9-19-38(40)44)36-17-7-6-16-35(36)30-14-4-3-5-15-30/h3-29H,2H2,1H3/i1D3,2D2. The van der Waals surface area contributed by atoms with E-state index >= 15 is 0 Å². The highest BCUT2D eigenvalue weighted by molar-refractivity contribution is 6.22. The highest BCUT2D eigenvalue weighted by atomic mass is 15.1. The topological polar surface area (TPSA) is 17.8 Å². The van der Waals surface area contributed by atoms with Crippen molar-refractivity contribution in [2.24, 2.45) is 0 Å². The van der Waals surface area contributed by atoms with Gasteiger partial charge in [0.05, 0.1) is 11.0 Å². The van der Waals surface area contributed by atoms with Gasteiger partial charge in [0.1, 0.15) is 5.82 Å². The molecule has 0 radical (unpaired) electrons. The van der Waals surface area contributed by atoms with Crippen LogP contribution in [0.3, 0.4) is 0 Å². The molecule has 9 rings (SSSR count). The van der Waals surface area contributed by atoms with Crippen molar-refractivity contribution in [3.63, 3.8) is 0 Å². The molecule has 0 atom stereocenters. The van der Waals surface area contributed by atoms with E-state index in [2.05, 4.69) is 120 Å². The zero-order valence-electron chi connectivity index (χ0n) is 30.5. The highest BCUT2D eigenvalue weighted by Crippen LogP contribution is 2.46. The molecule has 0 aliphatic rings. The maximum absolute atomic E-state index is 8.61. The lowest BCUT2D eigenvalue weighted by Crippen LogP contribution is -2.00. The predicted molar refractivity (Wildman–Crippen MR) is 199 cm³/mol. The molecule has 0 saturated heterocycles. The van der Waals surface area contributed by atoms with E-state index in [9.17, 15) is 0 Å². The van der Waals surface area contributed by atoms with Gasteiger partial charge in [-0.05, 0) is 96.0 Å². The third-order valence-electron chi connectivity index (χ3n) is 9.26. The van der Waals surface area contributed by atoms with Gasteiger partial charge in [0.15, 0.2) is 0 Å². The van der Waals surface area contributed by atoms with E-state index in [0.29, 0.717) is 16.7 Å². The summed E-state index contributed by atoms with van der Waals surface area (Å²) < 4.78 is 42.8. The van der Waals surface area contributed by atoms with Crippen LogP contribution in [0.25, 0.3) is 82.4 Å². The highest BCUT2D eigenvalue weighted by Gasteiger charge is 2.19. The van der Waals surface area contributed by atoms with Crippen molar-refractivity contribution >= 4 is 43.4 Å². The van der Waals surface area contributed by atoms with E-state index in [4.69, 9.17) is 6.85 Å². The molecule has 0 amide bonds. The first kappa shape index (κ1) is 22.5. The number of aryl methyl sites for hydroxylation is 1. The molecule has 0 saturated carbocycles. The summed E-state index contributed by atoms with van der Waals surface area (Å²) in [5.74, 6) is -0.142. The van der Waals surface area contributed by atoms with Gasteiger partial charge < -0.3 is 0 Å². The van der Waals surface area contributed by atoms with Crippen LogP contribution in [-0.4, -0.2) is 9.55 Å². The number of benzene rings is 8. The van der Waals surface area contributed by atoms with Gasteiger partial charge in [0, 0.05) is 18.9 Å². The fourth-order valence-corrected chi connectivity index (χ4v) is 7.20. The second kappa shape index (κ2) is 11.1. The molecule has 0 N–H and O–H groups in total. The normalized spacial score (nSPS) is 13.7. The Hall–Kier alpha value is -5.99. The maximum atomic E-state index is 8.61. The van der Waals surface area contributed by atoms with Crippen LogP contribution in [0.1, 0.15) is 19.5 Å². The third-order valence-corrected chi connectivity index (χ3v) is 9.26. The number of rotatable bonds is 5. The van der Waals surface area contributed by atoms with Crippen molar-refractivity contribution < 1.29 is 6.85 Å². The molecule has 47 heavy (non-hydrogen) atoms. The minimum Gasteiger partial charge on any atom is -0.296 e. The fourth-order valence-electron chi connectivity index (χ4n) is 7.20. The van der Waals surface area contributed by atoms with Crippen molar-refractivity contribution in [3.8, 4) is 39.1 Å². The lowest BCUT2D eigenvalue weighted by atomic mass is 9.83. The number of imidazole rings is 1. The summed E-state index contributed by atoms with van der Waals surface area (Å²) in [5.41, 5.74) is 8.84. The van der Waals surface area contributed by atoms with Gasteiger partial charge in [-0.3, -0.25) is 4.57 Å². The molecule has 0 unspecified atom stereocenters. The molecule has 0 fully saturated rings. The van der Waals surface area contributed by atoms with E-state index < -0.39 is 13.2 Å². The summed E-state index contributed by atoms with van der Waals surface area (Å²) in [7, 11) is 0. The van der Waals surface area contributed by atoms with Crippen LogP contribution < -0.4 is 0 Å². The molecule has 0 aliphatic heterocycles. The Bertz CT molecular complexity index is 2760. The van der Waals surface area contributed by atoms with Crippen LogP contribution in [0.15, 0.2) is 164 Å². The predicted octanol–water partition coefficient (Wildman–Crippen LogP) is 12.0. The molecule has 0 spiro atoms. The summed E-state index contributed by atoms with van der Waals surface area (Å²) in [6.45, 7) is -2.90. The number of nitrogens with zero attached hydrogens (tertiary/aromatic N) is 2. The van der Waals surface area contributed by atoms with Crippen LogP contribution in [0.4, 0.5) is 0 Å². The van der Waals surface area contributed by atoms with Crippen LogP contribution in [0, 0.1) is 0 Å². The Kier molecular flexibility index (Phi) is 5.32. The summed E-state index contributed by atoms with van der Waals surface area (Å²) in [6, 6.07) is 56.1.